The van der Waals surface area contributed by atoms with Crippen LogP contribution in [0.15, 0.2) is 36.4 Å². The van der Waals surface area contributed by atoms with Crippen molar-refractivity contribution in [2.45, 2.75) is 13.3 Å². The monoisotopic (exact) mass is 226 g/mol. The summed E-state index contributed by atoms with van der Waals surface area (Å²) in [6.45, 7) is 2.77. The van der Waals surface area contributed by atoms with Crippen LogP contribution in [0.5, 0.6) is 6.01 Å². The molecule has 3 rings (SSSR count). The minimum atomic E-state index is 0.608. The Morgan fingerprint density at radius 2 is 1.94 bits per heavy atom. The maximum absolute atomic E-state index is 5.50. The van der Waals surface area contributed by atoms with Gasteiger partial charge in [0.15, 0.2) is 0 Å². The van der Waals surface area contributed by atoms with Crippen LogP contribution < -0.4 is 4.74 Å². The van der Waals surface area contributed by atoms with E-state index in [-0.39, 0.29) is 0 Å². The molecule has 0 amide bonds. The van der Waals surface area contributed by atoms with Crippen molar-refractivity contribution in [3.63, 3.8) is 0 Å². The van der Waals surface area contributed by atoms with Crippen molar-refractivity contribution < 1.29 is 4.74 Å². The van der Waals surface area contributed by atoms with Gasteiger partial charge in [-0.25, -0.2) is 0 Å². The number of hydrogen-bond acceptors (Lipinski definition) is 2. The summed E-state index contributed by atoms with van der Waals surface area (Å²) in [4.78, 5) is 7.61. The third-order valence-electron chi connectivity index (χ3n) is 2.77. The smallest absolute Gasteiger partial charge is 0.294 e. The van der Waals surface area contributed by atoms with Gasteiger partial charge in [0.05, 0.1) is 17.6 Å². The Bertz CT molecular complexity index is 605. The molecule has 3 heteroatoms. The van der Waals surface area contributed by atoms with Gasteiger partial charge in [0, 0.05) is 0 Å². The number of hydrogen-bond donors (Lipinski definition) is 1. The fourth-order valence-corrected chi connectivity index (χ4v) is 1.94. The zero-order chi connectivity index (χ0) is 11.7. The maximum atomic E-state index is 5.50. The van der Waals surface area contributed by atoms with Gasteiger partial charge in [0.25, 0.3) is 6.01 Å². The number of fused-ring (bicyclic) bond motifs is 2. The van der Waals surface area contributed by atoms with Gasteiger partial charge in [-0.05, 0) is 29.3 Å². The lowest BCUT2D eigenvalue weighted by atomic mass is 10.1. The van der Waals surface area contributed by atoms with Crippen molar-refractivity contribution in [2.24, 2.45) is 0 Å². The van der Waals surface area contributed by atoms with E-state index in [1.165, 1.54) is 10.8 Å². The highest BCUT2D eigenvalue weighted by Gasteiger charge is 2.04. The first-order valence-corrected chi connectivity index (χ1v) is 5.88. The van der Waals surface area contributed by atoms with Crippen molar-refractivity contribution in [3.05, 3.63) is 36.4 Å². The molecule has 0 saturated carbocycles. The molecule has 2 aromatic carbocycles. The number of rotatable bonds is 3. The van der Waals surface area contributed by atoms with E-state index in [2.05, 4.69) is 41.2 Å². The molecule has 0 bridgehead atoms. The van der Waals surface area contributed by atoms with Gasteiger partial charge >= 0.3 is 0 Å². The van der Waals surface area contributed by atoms with E-state index in [0.717, 1.165) is 17.5 Å². The normalized spacial score (nSPS) is 11.1. The van der Waals surface area contributed by atoms with Crippen molar-refractivity contribution in [1.29, 1.82) is 0 Å². The number of aromatic nitrogens is 2. The molecule has 86 valence electrons. The van der Waals surface area contributed by atoms with Crippen LogP contribution in [0.2, 0.25) is 0 Å². The van der Waals surface area contributed by atoms with E-state index >= 15 is 0 Å². The fraction of sp³-hybridized carbons (Fsp3) is 0.214. The average molecular weight is 226 g/mol. The number of imidazole rings is 1. The van der Waals surface area contributed by atoms with Crippen LogP contribution in [0.1, 0.15) is 13.3 Å². The summed E-state index contributed by atoms with van der Waals surface area (Å²) in [7, 11) is 0. The fourth-order valence-electron chi connectivity index (χ4n) is 1.94. The van der Waals surface area contributed by atoms with Gasteiger partial charge in [0.2, 0.25) is 0 Å². The molecular formula is C14H14N2O. The van der Waals surface area contributed by atoms with Crippen LogP contribution >= 0.6 is 0 Å². The van der Waals surface area contributed by atoms with Crippen molar-refractivity contribution >= 4 is 21.8 Å². The quantitative estimate of drug-likeness (QED) is 0.742. The van der Waals surface area contributed by atoms with E-state index in [4.69, 9.17) is 4.74 Å². The van der Waals surface area contributed by atoms with Gasteiger partial charge in [-0.15, -0.1) is 0 Å². The first-order chi connectivity index (χ1) is 8.36. The summed E-state index contributed by atoms with van der Waals surface area (Å²) in [6, 6.07) is 13.1. The molecule has 0 unspecified atom stereocenters. The van der Waals surface area contributed by atoms with Crippen LogP contribution in [0.25, 0.3) is 21.8 Å². The topological polar surface area (TPSA) is 37.9 Å². The number of H-pyrrole nitrogens is 1. The summed E-state index contributed by atoms with van der Waals surface area (Å²) >= 11 is 0. The van der Waals surface area contributed by atoms with Crippen LogP contribution in [0.3, 0.4) is 0 Å². The highest BCUT2D eigenvalue weighted by molar-refractivity contribution is 5.95. The summed E-state index contributed by atoms with van der Waals surface area (Å²) < 4.78 is 5.50. The highest BCUT2D eigenvalue weighted by Crippen LogP contribution is 2.23. The predicted molar refractivity (Wildman–Crippen MR) is 69.4 cm³/mol. The van der Waals surface area contributed by atoms with Gasteiger partial charge in [-0.2, -0.15) is 4.98 Å². The SMILES string of the molecule is CCCOc1nc2cc3ccccc3cc2[nH]1. The molecule has 0 atom stereocenters. The van der Waals surface area contributed by atoms with E-state index in [9.17, 15) is 0 Å². The molecule has 1 N–H and O–H groups in total. The number of nitrogens with one attached hydrogen (secondary N) is 1. The Kier molecular flexibility index (Phi) is 2.44. The summed E-state index contributed by atoms with van der Waals surface area (Å²) in [5.74, 6) is 0. The van der Waals surface area contributed by atoms with Crippen LogP contribution in [0, 0.1) is 0 Å². The highest BCUT2D eigenvalue weighted by atomic mass is 16.5. The van der Waals surface area contributed by atoms with E-state index in [1.54, 1.807) is 0 Å². The molecule has 0 saturated heterocycles. The van der Waals surface area contributed by atoms with E-state index < -0.39 is 0 Å². The van der Waals surface area contributed by atoms with Gasteiger partial charge in [-0.1, -0.05) is 31.2 Å². The Morgan fingerprint density at radius 3 is 2.71 bits per heavy atom. The summed E-state index contributed by atoms with van der Waals surface area (Å²) in [5.41, 5.74) is 1.98. The van der Waals surface area contributed by atoms with Crippen LogP contribution in [-0.4, -0.2) is 16.6 Å². The van der Waals surface area contributed by atoms with Gasteiger partial charge < -0.3 is 9.72 Å². The number of benzene rings is 2. The molecule has 0 aliphatic heterocycles. The summed E-state index contributed by atoms with van der Waals surface area (Å²) in [5, 5.41) is 2.42. The maximum Gasteiger partial charge on any atom is 0.294 e. The third-order valence-corrected chi connectivity index (χ3v) is 2.77. The standard InChI is InChI=1S/C14H14N2O/c1-2-7-17-14-15-12-8-10-5-3-4-6-11(10)9-13(12)16-14/h3-6,8-9H,2,7H2,1H3,(H,15,16). The van der Waals surface area contributed by atoms with Crippen molar-refractivity contribution in [2.75, 3.05) is 6.61 Å². The van der Waals surface area contributed by atoms with E-state index in [0.29, 0.717) is 12.6 Å². The molecular weight excluding hydrogens is 212 g/mol. The van der Waals surface area contributed by atoms with Crippen molar-refractivity contribution in [3.8, 4) is 6.01 Å². The van der Waals surface area contributed by atoms with Crippen molar-refractivity contribution in [1.82, 2.24) is 9.97 Å². The van der Waals surface area contributed by atoms with Gasteiger partial charge in [-0.3, -0.25) is 0 Å². The molecule has 0 spiro atoms. The average Bonchev–Trinajstić information content (AvgIpc) is 2.75. The van der Waals surface area contributed by atoms with Crippen LogP contribution in [-0.2, 0) is 0 Å². The van der Waals surface area contributed by atoms with Crippen LogP contribution in [0.4, 0.5) is 0 Å². The molecule has 1 heterocycles. The molecule has 0 aliphatic carbocycles. The van der Waals surface area contributed by atoms with E-state index in [1.807, 2.05) is 12.1 Å². The molecule has 0 fully saturated rings. The second-order valence-corrected chi connectivity index (χ2v) is 4.11. The molecule has 1 aromatic heterocycles. The zero-order valence-corrected chi connectivity index (χ0v) is 9.73. The van der Waals surface area contributed by atoms with Gasteiger partial charge in [0.1, 0.15) is 0 Å². The Morgan fingerprint density at radius 1 is 1.18 bits per heavy atom. The summed E-state index contributed by atoms with van der Waals surface area (Å²) in [6.07, 6.45) is 0.985. The number of nitrogens with zero attached hydrogens (tertiary/aromatic N) is 1. The lowest BCUT2D eigenvalue weighted by Crippen LogP contribution is -1.95. The zero-order valence-electron chi connectivity index (χ0n) is 9.73. The molecule has 17 heavy (non-hydrogen) atoms. The Hall–Kier alpha value is -2.03. The lowest BCUT2D eigenvalue weighted by molar-refractivity contribution is 0.296. The lowest BCUT2D eigenvalue weighted by Gasteiger charge is -1.96. The Labute approximate surface area is 99.4 Å². The third kappa shape index (κ3) is 1.84. The largest absolute Gasteiger partial charge is 0.465 e. The second-order valence-electron chi connectivity index (χ2n) is 4.11. The molecule has 3 nitrogen and oxygen atoms in total. The minimum Gasteiger partial charge on any atom is -0.465 e. The second kappa shape index (κ2) is 4.09. The molecule has 0 radical (unpaired) electrons. The Balaban J connectivity index is 2.11. The number of aromatic amines is 1. The minimum absolute atomic E-state index is 0.608. The first-order valence-electron chi connectivity index (χ1n) is 5.88. The predicted octanol–water partition coefficient (Wildman–Crippen LogP) is 3.50. The first kappa shape index (κ1) is 10.1. The number of ether oxygens (including phenoxy) is 1. The molecule has 0 aliphatic rings. The molecule has 3 aromatic rings.